The molecule has 4 rings (SSSR count). The van der Waals surface area contributed by atoms with E-state index in [2.05, 4.69) is 10.3 Å². The van der Waals surface area contributed by atoms with Crippen LogP contribution in [0.2, 0.25) is 0 Å². The predicted molar refractivity (Wildman–Crippen MR) is 112 cm³/mol. The van der Waals surface area contributed by atoms with Gasteiger partial charge in [-0.05, 0) is 24.3 Å². The number of aromatic nitrogens is 1. The van der Waals surface area contributed by atoms with Crippen LogP contribution in [-0.4, -0.2) is 51.5 Å². The van der Waals surface area contributed by atoms with Crippen molar-refractivity contribution in [2.24, 2.45) is 0 Å². The molecule has 6 nitrogen and oxygen atoms in total. The maximum absolute atomic E-state index is 12.4. The first kappa shape index (κ1) is 18.6. The van der Waals surface area contributed by atoms with Gasteiger partial charge >= 0.3 is 5.97 Å². The Morgan fingerprint density at radius 1 is 1.11 bits per heavy atom. The van der Waals surface area contributed by atoms with E-state index >= 15 is 0 Å². The van der Waals surface area contributed by atoms with Gasteiger partial charge in [0.15, 0.2) is 0 Å². The minimum atomic E-state index is -0.839. The molecule has 2 aromatic carbocycles. The van der Waals surface area contributed by atoms with Crippen LogP contribution in [0.3, 0.4) is 0 Å². The maximum Gasteiger partial charge on any atom is 0.325 e. The number of thioether (sulfide) groups is 1. The number of carboxylic acids is 1. The first-order chi connectivity index (χ1) is 13.6. The van der Waals surface area contributed by atoms with Crippen molar-refractivity contribution in [2.45, 2.75) is 6.04 Å². The van der Waals surface area contributed by atoms with Gasteiger partial charge in [-0.15, -0.1) is 0 Å². The summed E-state index contributed by atoms with van der Waals surface area (Å²) < 4.78 is 0. The first-order valence-corrected chi connectivity index (χ1v) is 10.3. The summed E-state index contributed by atoms with van der Waals surface area (Å²) in [5, 5.41) is 13.6. The molecule has 2 heterocycles. The molecule has 0 saturated carbocycles. The Hall–Kier alpha value is -2.77. The number of aromatic amines is 1. The molecule has 0 aliphatic carbocycles. The van der Waals surface area contributed by atoms with Gasteiger partial charge in [-0.25, -0.2) is 0 Å². The smallest absolute Gasteiger partial charge is 0.325 e. The molecule has 0 radical (unpaired) electrons. The van der Waals surface area contributed by atoms with E-state index in [4.69, 9.17) is 0 Å². The number of anilines is 1. The van der Waals surface area contributed by atoms with Crippen molar-refractivity contribution in [3.8, 4) is 0 Å². The topological polar surface area (TPSA) is 85.4 Å². The highest BCUT2D eigenvalue weighted by molar-refractivity contribution is 7.99. The van der Waals surface area contributed by atoms with Crippen LogP contribution in [0.15, 0.2) is 54.7 Å². The standard InChI is InChI=1S/C21H21N3O3S/c25-20(14-4-2-1-3-5-14)23-15-6-7-16-17(13-22-18(16)12-15)19(21(26)27)24-8-10-28-11-9-24/h1-7,12-13,19,22H,8-11H2,(H,23,25)(H,26,27). The van der Waals surface area contributed by atoms with E-state index in [-0.39, 0.29) is 5.91 Å². The molecule has 1 saturated heterocycles. The van der Waals surface area contributed by atoms with Crippen LogP contribution in [0.1, 0.15) is 22.0 Å². The van der Waals surface area contributed by atoms with Gasteiger partial charge < -0.3 is 15.4 Å². The van der Waals surface area contributed by atoms with Crippen molar-refractivity contribution >= 4 is 40.2 Å². The minimum absolute atomic E-state index is 0.180. The lowest BCUT2D eigenvalue weighted by Crippen LogP contribution is -2.39. The number of amides is 1. The van der Waals surface area contributed by atoms with Gasteiger partial charge in [-0.2, -0.15) is 11.8 Å². The summed E-state index contributed by atoms with van der Waals surface area (Å²) in [6.07, 6.45) is 1.77. The number of hydrogen-bond donors (Lipinski definition) is 3. The average molecular weight is 395 g/mol. The molecule has 28 heavy (non-hydrogen) atoms. The first-order valence-electron chi connectivity index (χ1n) is 9.15. The summed E-state index contributed by atoms with van der Waals surface area (Å²) in [6.45, 7) is 1.53. The molecule has 0 spiro atoms. The Morgan fingerprint density at radius 2 is 1.86 bits per heavy atom. The van der Waals surface area contributed by atoms with E-state index in [1.54, 1.807) is 18.3 Å². The van der Waals surface area contributed by atoms with Gasteiger partial charge in [-0.3, -0.25) is 14.5 Å². The lowest BCUT2D eigenvalue weighted by Gasteiger charge is -2.31. The zero-order chi connectivity index (χ0) is 19.5. The molecule has 1 aliphatic heterocycles. The van der Waals surface area contributed by atoms with Crippen molar-refractivity contribution in [3.63, 3.8) is 0 Å². The molecule has 144 valence electrons. The van der Waals surface area contributed by atoms with Crippen molar-refractivity contribution in [1.82, 2.24) is 9.88 Å². The third kappa shape index (κ3) is 3.76. The summed E-state index contributed by atoms with van der Waals surface area (Å²) >= 11 is 1.85. The number of carbonyl (C=O) groups excluding carboxylic acids is 1. The minimum Gasteiger partial charge on any atom is -0.480 e. The zero-order valence-corrected chi connectivity index (χ0v) is 16.0. The van der Waals surface area contributed by atoms with Crippen LogP contribution >= 0.6 is 11.8 Å². The Balaban J connectivity index is 1.60. The van der Waals surface area contributed by atoms with E-state index in [0.29, 0.717) is 11.3 Å². The van der Waals surface area contributed by atoms with Crippen LogP contribution < -0.4 is 5.32 Å². The highest BCUT2D eigenvalue weighted by atomic mass is 32.2. The summed E-state index contributed by atoms with van der Waals surface area (Å²) in [4.78, 5) is 29.5. The number of nitrogens with zero attached hydrogens (tertiary/aromatic N) is 1. The van der Waals surface area contributed by atoms with E-state index in [9.17, 15) is 14.7 Å². The Bertz CT molecular complexity index is 997. The summed E-state index contributed by atoms with van der Waals surface area (Å²) in [5.41, 5.74) is 2.81. The van der Waals surface area contributed by atoms with E-state index in [1.165, 1.54) is 0 Å². The molecule has 3 N–H and O–H groups in total. The number of rotatable bonds is 5. The molecule has 1 unspecified atom stereocenters. The van der Waals surface area contributed by atoms with Gasteiger partial charge in [0.05, 0.1) is 0 Å². The van der Waals surface area contributed by atoms with Crippen molar-refractivity contribution in [3.05, 3.63) is 65.9 Å². The van der Waals surface area contributed by atoms with Gasteiger partial charge in [0.2, 0.25) is 0 Å². The van der Waals surface area contributed by atoms with E-state index in [1.807, 2.05) is 53.1 Å². The maximum atomic E-state index is 12.4. The normalized spacial score (nSPS) is 16.0. The lowest BCUT2D eigenvalue weighted by molar-refractivity contribution is -0.143. The summed E-state index contributed by atoms with van der Waals surface area (Å²) in [6, 6.07) is 13.9. The molecule has 0 bridgehead atoms. The molecule has 1 aromatic heterocycles. The number of carboxylic acid groups (broad SMARTS) is 1. The van der Waals surface area contributed by atoms with Crippen LogP contribution in [-0.2, 0) is 4.79 Å². The number of carbonyl (C=O) groups is 2. The molecule has 1 amide bonds. The van der Waals surface area contributed by atoms with Crippen LogP contribution in [0.25, 0.3) is 10.9 Å². The van der Waals surface area contributed by atoms with E-state index < -0.39 is 12.0 Å². The van der Waals surface area contributed by atoms with Crippen molar-refractivity contribution in [2.75, 3.05) is 29.9 Å². The van der Waals surface area contributed by atoms with Gasteiger partial charge in [0, 0.05) is 58.5 Å². The monoisotopic (exact) mass is 395 g/mol. The summed E-state index contributed by atoms with van der Waals surface area (Å²) in [7, 11) is 0. The average Bonchev–Trinajstić information content (AvgIpc) is 3.12. The second-order valence-electron chi connectivity index (χ2n) is 6.71. The fourth-order valence-corrected chi connectivity index (χ4v) is 4.50. The second kappa shape index (κ2) is 8.08. The van der Waals surface area contributed by atoms with Crippen LogP contribution in [0.5, 0.6) is 0 Å². The molecule has 7 heteroatoms. The van der Waals surface area contributed by atoms with E-state index in [0.717, 1.165) is 41.1 Å². The Morgan fingerprint density at radius 3 is 2.57 bits per heavy atom. The molecule has 1 aliphatic rings. The number of aliphatic carboxylic acids is 1. The van der Waals surface area contributed by atoms with Gasteiger partial charge in [-0.1, -0.05) is 24.3 Å². The lowest BCUT2D eigenvalue weighted by atomic mass is 10.0. The predicted octanol–water partition coefficient (Wildman–Crippen LogP) is 3.59. The molecular formula is C21H21N3O3S. The van der Waals surface area contributed by atoms with Crippen molar-refractivity contribution in [1.29, 1.82) is 0 Å². The number of benzene rings is 2. The summed E-state index contributed by atoms with van der Waals surface area (Å²) in [5.74, 6) is 0.874. The molecule has 1 atom stereocenters. The number of H-pyrrole nitrogens is 1. The molecule has 1 fully saturated rings. The largest absolute Gasteiger partial charge is 0.480 e. The third-order valence-corrected chi connectivity index (χ3v) is 5.89. The number of hydrogen-bond acceptors (Lipinski definition) is 4. The number of fused-ring (bicyclic) bond motifs is 1. The quantitative estimate of drug-likeness (QED) is 0.615. The fourth-order valence-electron chi connectivity index (χ4n) is 3.57. The molecular weight excluding hydrogens is 374 g/mol. The van der Waals surface area contributed by atoms with Crippen LogP contribution in [0.4, 0.5) is 5.69 Å². The highest BCUT2D eigenvalue weighted by Crippen LogP contribution is 2.31. The van der Waals surface area contributed by atoms with Crippen molar-refractivity contribution < 1.29 is 14.7 Å². The second-order valence-corrected chi connectivity index (χ2v) is 7.94. The SMILES string of the molecule is O=C(Nc1ccc2c(C(C(=O)O)N3CCSCC3)c[nH]c2c1)c1ccccc1. The van der Waals surface area contributed by atoms with Gasteiger partial charge in [0.25, 0.3) is 5.91 Å². The number of nitrogens with one attached hydrogen (secondary N) is 2. The highest BCUT2D eigenvalue weighted by Gasteiger charge is 2.30. The Labute approximate surface area is 166 Å². The van der Waals surface area contributed by atoms with Gasteiger partial charge in [0.1, 0.15) is 6.04 Å². The fraction of sp³-hybridized carbons (Fsp3) is 0.238. The molecule has 3 aromatic rings. The zero-order valence-electron chi connectivity index (χ0n) is 15.2. The van der Waals surface area contributed by atoms with Crippen LogP contribution in [0, 0.1) is 0 Å². The Kier molecular flexibility index (Phi) is 5.36. The third-order valence-electron chi connectivity index (χ3n) is 4.95.